The first-order chi connectivity index (χ1) is 16.0. The third kappa shape index (κ3) is 4.45. The number of ether oxygens (including phenoxy) is 1. The first-order valence-electron chi connectivity index (χ1n) is 11.3. The first-order valence-corrected chi connectivity index (χ1v) is 11.3. The number of nitrogens with two attached hydrogens (primary N) is 1. The van der Waals surface area contributed by atoms with E-state index in [1.54, 1.807) is 46.1 Å². The lowest BCUT2D eigenvalue weighted by atomic mass is 10.0. The van der Waals surface area contributed by atoms with Gasteiger partial charge in [0.2, 0.25) is 5.88 Å². The summed E-state index contributed by atoms with van der Waals surface area (Å²) in [5.74, 6) is 1.55. The van der Waals surface area contributed by atoms with E-state index in [0.29, 0.717) is 53.0 Å². The van der Waals surface area contributed by atoms with Gasteiger partial charge >= 0.3 is 0 Å². The summed E-state index contributed by atoms with van der Waals surface area (Å²) < 4.78 is 7.94. The molecule has 168 valence electrons. The number of benzene rings is 1. The maximum Gasteiger partial charge on any atom is 0.254 e. The van der Waals surface area contributed by atoms with Crippen molar-refractivity contribution in [2.45, 2.75) is 37.6 Å². The molecular formula is C25H26N6O2. The number of likely N-dealkylation sites (tertiary alicyclic amines) is 1. The molecule has 33 heavy (non-hydrogen) atoms. The van der Waals surface area contributed by atoms with Gasteiger partial charge in [0.05, 0.1) is 23.0 Å². The predicted octanol–water partition coefficient (Wildman–Crippen LogP) is 3.59. The number of nitrogens with zero attached hydrogens (tertiary/aromatic N) is 5. The van der Waals surface area contributed by atoms with Crippen LogP contribution in [0.5, 0.6) is 11.6 Å². The summed E-state index contributed by atoms with van der Waals surface area (Å²) in [5.41, 5.74) is 9.43. The number of rotatable bonds is 5. The van der Waals surface area contributed by atoms with Crippen molar-refractivity contribution in [3.8, 4) is 29.0 Å². The zero-order chi connectivity index (χ0) is 22.9. The normalized spacial score (nSPS) is 18.1. The van der Waals surface area contributed by atoms with E-state index in [4.69, 9.17) is 10.5 Å². The number of aromatic nitrogens is 3. The van der Waals surface area contributed by atoms with Crippen LogP contribution < -0.4 is 10.5 Å². The Bertz CT molecular complexity index is 1240. The van der Waals surface area contributed by atoms with E-state index in [9.17, 15) is 10.1 Å². The Hall–Kier alpha value is -3.70. The Morgan fingerprint density at radius 1 is 1.21 bits per heavy atom. The van der Waals surface area contributed by atoms with Gasteiger partial charge in [-0.2, -0.15) is 10.4 Å². The molecule has 2 fully saturated rings. The van der Waals surface area contributed by atoms with Gasteiger partial charge in [0.1, 0.15) is 5.75 Å². The molecule has 5 rings (SSSR count). The average Bonchev–Trinajstić information content (AvgIpc) is 3.62. The highest BCUT2D eigenvalue weighted by molar-refractivity contribution is 5.95. The Morgan fingerprint density at radius 3 is 2.82 bits per heavy atom. The molecule has 3 heterocycles. The predicted molar refractivity (Wildman–Crippen MR) is 123 cm³/mol. The molecule has 0 spiro atoms. The molecule has 1 aliphatic heterocycles. The third-order valence-corrected chi connectivity index (χ3v) is 6.20. The summed E-state index contributed by atoms with van der Waals surface area (Å²) in [4.78, 5) is 19.4. The van der Waals surface area contributed by atoms with E-state index >= 15 is 0 Å². The summed E-state index contributed by atoms with van der Waals surface area (Å²) in [6.07, 6.45) is 5.78. The smallest absolute Gasteiger partial charge is 0.254 e. The van der Waals surface area contributed by atoms with Crippen LogP contribution in [0.4, 0.5) is 0 Å². The van der Waals surface area contributed by atoms with Crippen LogP contribution in [0.1, 0.15) is 53.2 Å². The first kappa shape index (κ1) is 21.2. The maximum absolute atomic E-state index is 13.1. The largest absolute Gasteiger partial charge is 0.439 e. The maximum atomic E-state index is 13.1. The number of carbonyl (C=O) groups excluding carboxylic acids is 1. The number of carbonyl (C=O) groups is 1. The molecule has 1 amide bonds. The van der Waals surface area contributed by atoms with Gasteiger partial charge in [0.15, 0.2) is 0 Å². The second-order valence-corrected chi connectivity index (χ2v) is 8.81. The molecule has 2 aromatic heterocycles. The second-order valence-electron chi connectivity index (χ2n) is 8.81. The number of hydrogen-bond acceptors (Lipinski definition) is 6. The van der Waals surface area contributed by atoms with Crippen LogP contribution in [-0.2, 0) is 7.05 Å². The Morgan fingerprint density at radius 2 is 2.06 bits per heavy atom. The van der Waals surface area contributed by atoms with E-state index in [-0.39, 0.29) is 11.9 Å². The minimum Gasteiger partial charge on any atom is -0.439 e. The third-order valence-electron chi connectivity index (χ3n) is 6.20. The molecule has 1 saturated heterocycles. The summed E-state index contributed by atoms with van der Waals surface area (Å²) in [6, 6.07) is 12.8. The van der Waals surface area contributed by atoms with E-state index in [1.807, 2.05) is 13.1 Å². The van der Waals surface area contributed by atoms with Gasteiger partial charge in [-0.1, -0.05) is 0 Å². The minimum atomic E-state index is -0.0503. The number of nitriles is 1. The fourth-order valence-corrected chi connectivity index (χ4v) is 4.23. The van der Waals surface area contributed by atoms with Crippen LogP contribution in [0.25, 0.3) is 11.3 Å². The molecule has 1 atom stereocenters. The fourth-order valence-electron chi connectivity index (χ4n) is 4.23. The van der Waals surface area contributed by atoms with Crippen molar-refractivity contribution < 1.29 is 9.53 Å². The van der Waals surface area contributed by atoms with Gasteiger partial charge in [0, 0.05) is 55.5 Å². The number of piperidine rings is 1. The van der Waals surface area contributed by atoms with Crippen molar-refractivity contribution in [2.24, 2.45) is 12.8 Å². The molecule has 0 unspecified atom stereocenters. The fraction of sp³-hybridized carbons (Fsp3) is 0.360. The quantitative estimate of drug-likeness (QED) is 0.647. The highest BCUT2D eigenvalue weighted by Crippen LogP contribution is 2.41. The van der Waals surface area contributed by atoms with E-state index in [2.05, 4.69) is 16.2 Å². The Balaban J connectivity index is 1.47. The summed E-state index contributed by atoms with van der Waals surface area (Å²) in [5, 5.41) is 14.0. The Kier molecular flexibility index (Phi) is 5.56. The highest BCUT2D eigenvalue weighted by Gasteiger charge is 2.28. The number of aryl methyl sites for hydroxylation is 1. The molecule has 0 radical (unpaired) electrons. The molecule has 8 nitrogen and oxygen atoms in total. The van der Waals surface area contributed by atoms with Gasteiger partial charge in [-0.05, 0) is 56.0 Å². The molecule has 2 aliphatic rings. The van der Waals surface area contributed by atoms with Gasteiger partial charge < -0.3 is 15.4 Å². The molecule has 3 aromatic rings. The molecule has 2 N–H and O–H groups in total. The van der Waals surface area contributed by atoms with E-state index in [0.717, 1.165) is 31.4 Å². The van der Waals surface area contributed by atoms with Crippen LogP contribution in [0.15, 0.2) is 42.6 Å². The van der Waals surface area contributed by atoms with Gasteiger partial charge in [-0.25, -0.2) is 4.68 Å². The van der Waals surface area contributed by atoms with Crippen LogP contribution in [-0.4, -0.2) is 44.7 Å². The summed E-state index contributed by atoms with van der Waals surface area (Å²) in [6.45, 7) is 1.27. The number of hydrogen-bond donors (Lipinski definition) is 1. The number of amides is 1. The van der Waals surface area contributed by atoms with Gasteiger partial charge in [-0.15, -0.1) is 0 Å². The monoisotopic (exact) mass is 442 g/mol. The molecular weight excluding hydrogens is 416 g/mol. The lowest BCUT2D eigenvalue weighted by Crippen LogP contribution is -2.45. The van der Waals surface area contributed by atoms with Crippen LogP contribution in [0.2, 0.25) is 0 Å². The lowest BCUT2D eigenvalue weighted by molar-refractivity contribution is 0.0708. The van der Waals surface area contributed by atoms with E-state index < -0.39 is 0 Å². The van der Waals surface area contributed by atoms with Crippen LogP contribution >= 0.6 is 0 Å². The highest BCUT2D eigenvalue weighted by atomic mass is 16.5. The average molecular weight is 443 g/mol. The van der Waals surface area contributed by atoms with E-state index in [1.165, 1.54) is 0 Å². The van der Waals surface area contributed by atoms with Gasteiger partial charge in [0.25, 0.3) is 5.91 Å². The zero-order valence-corrected chi connectivity index (χ0v) is 18.6. The van der Waals surface area contributed by atoms with Crippen molar-refractivity contribution >= 4 is 5.91 Å². The number of pyridine rings is 1. The van der Waals surface area contributed by atoms with Crippen molar-refractivity contribution in [1.82, 2.24) is 19.7 Å². The molecule has 1 aliphatic carbocycles. The lowest BCUT2D eigenvalue weighted by Gasteiger charge is -2.30. The van der Waals surface area contributed by atoms with Crippen LogP contribution in [0.3, 0.4) is 0 Å². The topological polar surface area (TPSA) is 110 Å². The van der Waals surface area contributed by atoms with Gasteiger partial charge in [-0.3, -0.25) is 9.78 Å². The SMILES string of the molecule is Cn1nc(C2CC2)cc1Oc1cc(C#N)ccc1-c1cc(C(=O)N2CCC[C@H](N)C2)ccn1. The molecule has 1 saturated carbocycles. The second kappa shape index (κ2) is 8.68. The van der Waals surface area contributed by atoms with Crippen molar-refractivity contribution in [3.05, 3.63) is 59.4 Å². The minimum absolute atomic E-state index is 0.0157. The molecule has 0 bridgehead atoms. The molecule has 8 heteroatoms. The Labute approximate surface area is 192 Å². The van der Waals surface area contributed by atoms with Crippen molar-refractivity contribution in [2.75, 3.05) is 13.1 Å². The molecule has 1 aromatic carbocycles. The van der Waals surface area contributed by atoms with Crippen molar-refractivity contribution in [3.63, 3.8) is 0 Å². The standard InChI is InChI=1S/C25H26N6O2/c1-30-24(13-21(29-30)17-5-6-17)33-23-11-16(14-26)4-7-20(23)22-12-18(8-9-28-22)25(32)31-10-2-3-19(27)15-31/h4,7-9,11-13,17,19H,2-3,5-6,10,15,27H2,1H3/t19-/m0/s1. The van der Waals surface area contributed by atoms with Crippen molar-refractivity contribution in [1.29, 1.82) is 5.26 Å². The summed E-state index contributed by atoms with van der Waals surface area (Å²) in [7, 11) is 1.84. The van der Waals surface area contributed by atoms with Crippen LogP contribution in [0, 0.1) is 11.3 Å². The summed E-state index contributed by atoms with van der Waals surface area (Å²) >= 11 is 0. The zero-order valence-electron chi connectivity index (χ0n) is 18.6.